The van der Waals surface area contributed by atoms with Crippen LogP contribution in [0.4, 0.5) is 0 Å². The van der Waals surface area contributed by atoms with E-state index in [1.807, 2.05) is 24.3 Å². The van der Waals surface area contributed by atoms with Gasteiger partial charge in [-0.3, -0.25) is 9.59 Å². The molecule has 1 saturated heterocycles. The predicted molar refractivity (Wildman–Crippen MR) is 110 cm³/mol. The van der Waals surface area contributed by atoms with Gasteiger partial charge in [0.1, 0.15) is 6.61 Å². The van der Waals surface area contributed by atoms with Crippen LogP contribution in [0.2, 0.25) is 0 Å². The van der Waals surface area contributed by atoms with Gasteiger partial charge < -0.3 is 15.0 Å². The van der Waals surface area contributed by atoms with E-state index in [-0.39, 0.29) is 18.4 Å². The molecule has 1 atom stereocenters. The van der Waals surface area contributed by atoms with Crippen molar-refractivity contribution in [3.05, 3.63) is 60.2 Å². The molecule has 0 spiro atoms. The highest BCUT2D eigenvalue weighted by atomic mass is 16.5. The van der Waals surface area contributed by atoms with Gasteiger partial charge in [-0.05, 0) is 36.0 Å². The molecule has 0 radical (unpaired) electrons. The summed E-state index contributed by atoms with van der Waals surface area (Å²) < 4.78 is 5.00. The third-order valence-electron chi connectivity index (χ3n) is 5.48. The molecule has 0 aromatic heterocycles. The number of methoxy groups -OCH3 is 1. The largest absolute Gasteiger partial charge is 0.375 e. The zero-order valence-corrected chi connectivity index (χ0v) is 16.6. The van der Waals surface area contributed by atoms with E-state index in [9.17, 15) is 9.59 Å². The minimum absolute atomic E-state index is 0.00692. The van der Waals surface area contributed by atoms with Crippen molar-refractivity contribution in [3.63, 3.8) is 0 Å². The van der Waals surface area contributed by atoms with E-state index in [1.165, 1.54) is 7.11 Å². The molecule has 1 fully saturated rings. The fraction of sp³-hybridized carbons (Fsp3) is 0.391. The summed E-state index contributed by atoms with van der Waals surface area (Å²) in [5, 5.41) is 2.83. The molecule has 3 rings (SSSR count). The molecule has 0 aliphatic carbocycles. The van der Waals surface area contributed by atoms with Crippen LogP contribution in [0.3, 0.4) is 0 Å². The number of nitrogens with zero attached hydrogens (tertiary/aromatic N) is 1. The molecule has 1 aliphatic heterocycles. The standard InChI is InChI=1S/C23H28N2O3/c1-24-22(27)23(12-7-13-25(17-23)21(26)16-28-2)15-18-8-6-11-20(14-18)19-9-4-3-5-10-19/h3-6,8-11,14H,7,12-13,15-17H2,1-2H3,(H,24,27). The van der Waals surface area contributed by atoms with Crippen molar-refractivity contribution in [1.82, 2.24) is 10.2 Å². The zero-order chi connectivity index (χ0) is 20.0. The summed E-state index contributed by atoms with van der Waals surface area (Å²) in [7, 11) is 3.18. The summed E-state index contributed by atoms with van der Waals surface area (Å²) >= 11 is 0. The highest BCUT2D eigenvalue weighted by molar-refractivity contribution is 5.85. The molecule has 1 N–H and O–H groups in total. The summed E-state index contributed by atoms with van der Waals surface area (Å²) in [4.78, 5) is 27.0. The number of piperidine rings is 1. The number of hydrogen-bond acceptors (Lipinski definition) is 3. The SMILES string of the molecule is CNC(=O)C1(Cc2cccc(-c3ccccc3)c2)CCCN(C(=O)COC)C1. The fourth-order valence-electron chi connectivity index (χ4n) is 4.12. The van der Waals surface area contributed by atoms with Crippen LogP contribution >= 0.6 is 0 Å². The highest BCUT2D eigenvalue weighted by Crippen LogP contribution is 2.35. The van der Waals surface area contributed by atoms with Gasteiger partial charge in [-0.25, -0.2) is 0 Å². The van der Waals surface area contributed by atoms with Crippen LogP contribution in [0.1, 0.15) is 18.4 Å². The van der Waals surface area contributed by atoms with Crippen molar-refractivity contribution in [2.45, 2.75) is 19.3 Å². The van der Waals surface area contributed by atoms with Crippen LogP contribution in [-0.4, -0.2) is 50.6 Å². The lowest BCUT2D eigenvalue weighted by molar-refractivity contribution is -0.143. The lowest BCUT2D eigenvalue weighted by Gasteiger charge is -2.41. The number of benzene rings is 2. The lowest BCUT2D eigenvalue weighted by atomic mass is 9.74. The lowest BCUT2D eigenvalue weighted by Crippen LogP contribution is -2.54. The monoisotopic (exact) mass is 380 g/mol. The van der Waals surface area contributed by atoms with Gasteiger partial charge in [0.2, 0.25) is 11.8 Å². The summed E-state index contributed by atoms with van der Waals surface area (Å²) in [5.74, 6) is -0.0685. The van der Waals surface area contributed by atoms with Crippen molar-refractivity contribution >= 4 is 11.8 Å². The molecule has 148 valence electrons. The summed E-state index contributed by atoms with van der Waals surface area (Å²) in [6.45, 7) is 1.14. The van der Waals surface area contributed by atoms with E-state index in [0.29, 0.717) is 19.5 Å². The Kier molecular flexibility index (Phi) is 6.47. The van der Waals surface area contributed by atoms with Crippen molar-refractivity contribution in [3.8, 4) is 11.1 Å². The zero-order valence-electron chi connectivity index (χ0n) is 16.6. The average molecular weight is 380 g/mol. The quantitative estimate of drug-likeness (QED) is 0.838. The molecule has 28 heavy (non-hydrogen) atoms. The first-order valence-electron chi connectivity index (χ1n) is 9.71. The van der Waals surface area contributed by atoms with E-state index in [1.54, 1.807) is 11.9 Å². The third kappa shape index (κ3) is 4.42. The average Bonchev–Trinajstić information content (AvgIpc) is 2.74. The topological polar surface area (TPSA) is 58.6 Å². The van der Waals surface area contributed by atoms with Crippen molar-refractivity contribution in [1.29, 1.82) is 0 Å². The Morgan fingerprint density at radius 1 is 1.11 bits per heavy atom. The Morgan fingerprint density at radius 3 is 2.57 bits per heavy atom. The maximum absolute atomic E-state index is 12.9. The molecule has 1 heterocycles. The molecule has 2 amide bonds. The smallest absolute Gasteiger partial charge is 0.248 e. The van der Waals surface area contributed by atoms with Gasteiger partial charge in [-0.1, -0.05) is 54.6 Å². The number of ether oxygens (including phenoxy) is 1. The van der Waals surface area contributed by atoms with Crippen LogP contribution in [-0.2, 0) is 20.7 Å². The second-order valence-corrected chi connectivity index (χ2v) is 7.45. The summed E-state index contributed by atoms with van der Waals surface area (Å²) in [5.41, 5.74) is 2.77. The minimum Gasteiger partial charge on any atom is -0.375 e. The minimum atomic E-state index is -0.619. The maximum atomic E-state index is 12.9. The molecule has 2 aromatic carbocycles. The first kappa shape index (κ1) is 20.1. The van der Waals surface area contributed by atoms with E-state index in [4.69, 9.17) is 4.74 Å². The Balaban J connectivity index is 1.87. The van der Waals surface area contributed by atoms with Crippen molar-refractivity contribution in [2.24, 2.45) is 5.41 Å². The second-order valence-electron chi connectivity index (χ2n) is 7.45. The predicted octanol–water partition coefficient (Wildman–Crippen LogP) is 2.90. The van der Waals surface area contributed by atoms with E-state index in [0.717, 1.165) is 29.5 Å². The molecular formula is C23H28N2O3. The number of amides is 2. The number of carbonyl (C=O) groups is 2. The first-order valence-corrected chi connectivity index (χ1v) is 9.71. The van der Waals surface area contributed by atoms with Gasteiger partial charge in [0.25, 0.3) is 0 Å². The van der Waals surface area contributed by atoms with Gasteiger partial charge in [-0.15, -0.1) is 0 Å². The van der Waals surface area contributed by atoms with Crippen LogP contribution in [0.15, 0.2) is 54.6 Å². The van der Waals surface area contributed by atoms with E-state index >= 15 is 0 Å². The van der Waals surface area contributed by atoms with Crippen LogP contribution in [0, 0.1) is 5.41 Å². The molecule has 1 aliphatic rings. The van der Waals surface area contributed by atoms with Crippen LogP contribution < -0.4 is 5.32 Å². The highest BCUT2D eigenvalue weighted by Gasteiger charge is 2.43. The van der Waals surface area contributed by atoms with Crippen molar-refractivity contribution < 1.29 is 14.3 Å². The molecule has 5 nitrogen and oxygen atoms in total. The Hall–Kier alpha value is -2.66. The van der Waals surface area contributed by atoms with Gasteiger partial charge in [0.05, 0.1) is 5.41 Å². The molecule has 1 unspecified atom stereocenters. The van der Waals surface area contributed by atoms with E-state index < -0.39 is 5.41 Å². The fourth-order valence-corrected chi connectivity index (χ4v) is 4.12. The Morgan fingerprint density at radius 2 is 1.86 bits per heavy atom. The number of hydrogen-bond donors (Lipinski definition) is 1. The molecule has 2 aromatic rings. The Bertz CT molecular complexity index is 822. The Labute approximate surface area is 166 Å². The first-order chi connectivity index (χ1) is 13.6. The van der Waals surface area contributed by atoms with Crippen molar-refractivity contribution in [2.75, 3.05) is 33.9 Å². The molecule has 0 saturated carbocycles. The number of rotatable bonds is 6. The molecule has 5 heteroatoms. The summed E-state index contributed by atoms with van der Waals surface area (Å²) in [6, 6.07) is 18.5. The van der Waals surface area contributed by atoms with Crippen LogP contribution in [0.25, 0.3) is 11.1 Å². The van der Waals surface area contributed by atoms with Crippen LogP contribution in [0.5, 0.6) is 0 Å². The van der Waals surface area contributed by atoms with E-state index in [2.05, 4.69) is 35.6 Å². The maximum Gasteiger partial charge on any atom is 0.248 e. The van der Waals surface area contributed by atoms with Gasteiger partial charge in [0, 0.05) is 27.2 Å². The molecular weight excluding hydrogens is 352 g/mol. The number of carbonyl (C=O) groups excluding carboxylic acids is 2. The molecule has 0 bridgehead atoms. The van der Waals surface area contributed by atoms with Gasteiger partial charge >= 0.3 is 0 Å². The summed E-state index contributed by atoms with van der Waals surface area (Å²) in [6.07, 6.45) is 2.17. The number of nitrogens with one attached hydrogen (secondary N) is 1. The van der Waals surface area contributed by atoms with Gasteiger partial charge in [-0.2, -0.15) is 0 Å². The third-order valence-corrected chi connectivity index (χ3v) is 5.48. The normalized spacial score (nSPS) is 19.3. The number of likely N-dealkylation sites (tertiary alicyclic amines) is 1. The van der Waals surface area contributed by atoms with Gasteiger partial charge in [0.15, 0.2) is 0 Å². The second kappa shape index (κ2) is 9.02.